The van der Waals surface area contributed by atoms with E-state index in [0.717, 1.165) is 11.9 Å². The number of carbonyl (C=O) groups is 1. The summed E-state index contributed by atoms with van der Waals surface area (Å²) in [5.41, 5.74) is 0.650. The Morgan fingerprint density at radius 3 is 3.05 bits per heavy atom. The highest BCUT2D eigenvalue weighted by atomic mass is 32.2. The number of anilines is 1. The smallest absolute Gasteiger partial charge is 0.316 e. The van der Waals surface area contributed by atoms with Gasteiger partial charge >= 0.3 is 5.97 Å². The van der Waals surface area contributed by atoms with Crippen molar-refractivity contribution < 1.29 is 9.53 Å². The summed E-state index contributed by atoms with van der Waals surface area (Å²) in [6, 6.07) is 0. The number of nitrogens with one attached hydrogen (secondary N) is 2. The molecule has 0 spiro atoms. The fourth-order valence-corrected chi connectivity index (χ4v) is 2.28. The van der Waals surface area contributed by atoms with Crippen molar-refractivity contribution >= 4 is 34.7 Å². The zero-order valence-corrected chi connectivity index (χ0v) is 11.6. The summed E-state index contributed by atoms with van der Waals surface area (Å²) in [7, 11) is 0. The summed E-state index contributed by atoms with van der Waals surface area (Å²) in [5.74, 6) is 0.481. The zero-order valence-electron chi connectivity index (χ0n) is 10.8. The average Bonchev–Trinajstić information content (AvgIpc) is 2.85. The standard InChI is InChI=1S/C11H15N5O2S/c1-3-12-11-14-9-7(5-13-16-9)10(15-11)19-6-8(17)18-4-2/h5H,3-4,6H2,1-2H3,(H2,12,13,14,15,16). The van der Waals surface area contributed by atoms with Gasteiger partial charge in [0, 0.05) is 6.54 Å². The lowest BCUT2D eigenvalue weighted by Gasteiger charge is -2.05. The third kappa shape index (κ3) is 3.34. The fourth-order valence-electron chi connectivity index (χ4n) is 1.49. The number of thioether (sulfide) groups is 1. The average molecular weight is 281 g/mol. The Labute approximate surface area is 114 Å². The van der Waals surface area contributed by atoms with Crippen LogP contribution in [0, 0.1) is 0 Å². The number of rotatable bonds is 6. The lowest BCUT2D eigenvalue weighted by atomic mass is 10.4. The third-order valence-electron chi connectivity index (χ3n) is 2.24. The number of H-pyrrole nitrogens is 1. The summed E-state index contributed by atoms with van der Waals surface area (Å²) in [6.07, 6.45) is 1.65. The Morgan fingerprint density at radius 2 is 2.32 bits per heavy atom. The van der Waals surface area contributed by atoms with Crippen molar-refractivity contribution in [2.24, 2.45) is 0 Å². The molecule has 0 aliphatic heterocycles. The maximum Gasteiger partial charge on any atom is 0.316 e. The molecule has 2 aromatic rings. The molecule has 0 aliphatic rings. The predicted octanol–water partition coefficient (Wildman–Crippen LogP) is 1.44. The lowest BCUT2D eigenvalue weighted by Crippen LogP contribution is -2.07. The highest BCUT2D eigenvalue weighted by molar-refractivity contribution is 8.00. The Kier molecular flexibility index (Phi) is 4.56. The number of ether oxygens (including phenoxy) is 1. The molecule has 7 nitrogen and oxygen atoms in total. The van der Waals surface area contributed by atoms with E-state index in [-0.39, 0.29) is 11.7 Å². The first-order valence-corrected chi connectivity index (χ1v) is 6.96. The molecule has 0 amide bonds. The molecule has 0 fully saturated rings. The minimum atomic E-state index is -0.257. The molecule has 102 valence electrons. The van der Waals surface area contributed by atoms with E-state index in [1.807, 2.05) is 6.92 Å². The molecule has 0 saturated heterocycles. The van der Waals surface area contributed by atoms with Crippen LogP contribution < -0.4 is 5.32 Å². The van der Waals surface area contributed by atoms with Crippen LogP contribution in [0.2, 0.25) is 0 Å². The number of aromatic amines is 1. The van der Waals surface area contributed by atoms with Crippen molar-refractivity contribution in [3.05, 3.63) is 6.20 Å². The van der Waals surface area contributed by atoms with Gasteiger partial charge in [0.1, 0.15) is 5.03 Å². The molecule has 0 aliphatic carbocycles. The van der Waals surface area contributed by atoms with Gasteiger partial charge in [0.15, 0.2) is 5.65 Å². The van der Waals surface area contributed by atoms with Gasteiger partial charge in [0.25, 0.3) is 0 Å². The largest absolute Gasteiger partial charge is 0.465 e. The van der Waals surface area contributed by atoms with E-state index in [4.69, 9.17) is 4.74 Å². The van der Waals surface area contributed by atoms with Crippen LogP contribution in [0.3, 0.4) is 0 Å². The van der Waals surface area contributed by atoms with Crippen LogP contribution in [-0.2, 0) is 9.53 Å². The van der Waals surface area contributed by atoms with E-state index in [2.05, 4.69) is 25.5 Å². The Bertz CT molecular complexity index is 571. The van der Waals surface area contributed by atoms with Gasteiger partial charge in [-0.15, -0.1) is 0 Å². The van der Waals surface area contributed by atoms with E-state index in [0.29, 0.717) is 23.2 Å². The van der Waals surface area contributed by atoms with E-state index in [1.54, 1.807) is 13.1 Å². The second kappa shape index (κ2) is 6.37. The van der Waals surface area contributed by atoms with E-state index in [9.17, 15) is 4.79 Å². The first-order chi connectivity index (χ1) is 9.24. The second-order valence-electron chi connectivity index (χ2n) is 3.61. The second-order valence-corrected chi connectivity index (χ2v) is 4.57. The van der Waals surface area contributed by atoms with Gasteiger partial charge in [-0.25, -0.2) is 4.98 Å². The first-order valence-electron chi connectivity index (χ1n) is 5.98. The quantitative estimate of drug-likeness (QED) is 0.470. The first kappa shape index (κ1) is 13.6. The van der Waals surface area contributed by atoms with E-state index < -0.39 is 0 Å². The van der Waals surface area contributed by atoms with Gasteiger partial charge in [0.05, 0.1) is 23.9 Å². The number of hydrogen-bond donors (Lipinski definition) is 2. The fraction of sp³-hybridized carbons (Fsp3) is 0.455. The van der Waals surface area contributed by atoms with Crippen LogP contribution in [0.5, 0.6) is 0 Å². The van der Waals surface area contributed by atoms with E-state index >= 15 is 0 Å². The van der Waals surface area contributed by atoms with Crippen LogP contribution >= 0.6 is 11.8 Å². The van der Waals surface area contributed by atoms with Crippen LogP contribution in [0.15, 0.2) is 11.2 Å². The highest BCUT2D eigenvalue weighted by Crippen LogP contribution is 2.25. The summed E-state index contributed by atoms with van der Waals surface area (Å²) in [4.78, 5) is 20.0. The van der Waals surface area contributed by atoms with Crippen molar-refractivity contribution in [2.45, 2.75) is 18.9 Å². The van der Waals surface area contributed by atoms with Crippen LogP contribution in [0.1, 0.15) is 13.8 Å². The maximum atomic E-state index is 11.4. The van der Waals surface area contributed by atoms with Gasteiger partial charge in [-0.1, -0.05) is 11.8 Å². The molecule has 2 heterocycles. The minimum absolute atomic E-state index is 0.219. The van der Waals surface area contributed by atoms with E-state index in [1.165, 1.54) is 11.8 Å². The molecule has 2 aromatic heterocycles. The van der Waals surface area contributed by atoms with Gasteiger partial charge in [-0.05, 0) is 13.8 Å². The minimum Gasteiger partial charge on any atom is -0.465 e. The van der Waals surface area contributed by atoms with Crippen molar-refractivity contribution in [3.8, 4) is 0 Å². The molecule has 0 saturated carbocycles. The number of fused-ring (bicyclic) bond motifs is 1. The molecule has 2 rings (SSSR count). The van der Waals surface area contributed by atoms with Crippen molar-refractivity contribution in [3.63, 3.8) is 0 Å². The monoisotopic (exact) mass is 281 g/mol. The summed E-state index contributed by atoms with van der Waals surface area (Å²) in [5, 5.41) is 11.3. The van der Waals surface area contributed by atoms with Crippen molar-refractivity contribution in [1.29, 1.82) is 0 Å². The normalized spacial score (nSPS) is 10.6. The zero-order chi connectivity index (χ0) is 13.7. The molecule has 0 radical (unpaired) electrons. The topological polar surface area (TPSA) is 92.8 Å². The summed E-state index contributed by atoms with van der Waals surface area (Å²) >= 11 is 1.32. The molecule has 8 heteroatoms. The molecule has 0 bridgehead atoms. The SMILES string of the molecule is CCNc1nc(SCC(=O)OCC)c2cn[nH]c2n1. The molecule has 2 N–H and O–H groups in total. The number of aromatic nitrogens is 4. The molecule has 0 aromatic carbocycles. The Morgan fingerprint density at radius 1 is 1.47 bits per heavy atom. The molecule has 0 atom stereocenters. The molecular weight excluding hydrogens is 266 g/mol. The molecule has 0 unspecified atom stereocenters. The van der Waals surface area contributed by atoms with Crippen LogP contribution in [0.25, 0.3) is 11.0 Å². The lowest BCUT2D eigenvalue weighted by molar-refractivity contribution is -0.139. The molecular formula is C11H15N5O2S. The summed E-state index contributed by atoms with van der Waals surface area (Å²) in [6.45, 7) is 4.85. The van der Waals surface area contributed by atoms with Crippen LogP contribution in [-0.4, -0.2) is 45.0 Å². The Balaban J connectivity index is 2.19. The van der Waals surface area contributed by atoms with Crippen molar-refractivity contribution in [1.82, 2.24) is 20.2 Å². The maximum absolute atomic E-state index is 11.4. The number of nitrogens with zero attached hydrogens (tertiary/aromatic N) is 3. The summed E-state index contributed by atoms with van der Waals surface area (Å²) < 4.78 is 4.89. The highest BCUT2D eigenvalue weighted by Gasteiger charge is 2.12. The van der Waals surface area contributed by atoms with Gasteiger partial charge in [-0.3, -0.25) is 9.89 Å². The van der Waals surface area contributed by atoms with Gasteiger partial charge < -0.3 is 10.1 Å². The van der Waals surface area contributed by atoms with Crippen LogP contribution in [0.4, 0.5) is 5.95 Å². The van der Waals surface area contributed by atoms with Crippen molar-refractivity contribution in [2.75, 3.05) is 24.2 Å². The molecule has 19 heavy (non-hydrogen) atoms. The third-order valence-corrected chi connectivity index (χ3v) is 3.21. The van der Waals surface area contributed by atoms with Gasteiger partial charge in [0.2, 0.25) is 5.95 Å². The Hall–Kier alpha value is -1.83. The number of esters is 1. The number of hydrogen-bond acceptors (Lipinski definition) is 7. The number of carbonyl (C=O) groups excluding carboxylic acids is 1. The predicted molar refractivity (Wildman–Crippen MR) is 73.2 cm³/mol. The van der Waals surface area contributed by atoms with Gasteiger partial charge in [-0.2, -0.15) is 10.1 Å².